The molecule has 0 aliphatic carbocycles. The maximum absolute atomic E-state index is 9.79. The third kappa shape index (κ3) is 3.85. The first-order valence-corrected chi connectivity index (χ1v) is 6.89. The zero-order valence-corrected chi connectivity index (χ0v) is 12.3. The molecular weight excluding hydrogens is 258 g/mol. The van der Waals surface area contributed by atoms with Gasteiger partial charge in [0.05, 0.1) is 19.8 Å². The van der Waals surface area contributed by atoms with E-state index >= 15 is 0 Å². The highest BCUT2D eigenvalue weighted by Crippen LogP contribution is 2.29. The van der Waals surface area contributed by atoms with Crippen molar-refractivity contribution in [2.75, 3.05) is 40.5 Å². The number of morpholine rings is 1. The molecule has 5 nitrogen and oxygen atoms in total. The molecule has 1 aromatic carbocycles. The molecule has 1 aliphatic heterocycles. The molecule has 1 unspecified atom stereocenters. The maximum Gasteiger partial charge on any atom is 0.128 e. The van der Waals surface area contributed by atoms with Crippen LogP contribution in [0.3, 0.4) is 0 Å². The van der Waals surface area contributed by atoms with Crippen molar-refractivity contribution < 1.29 is 19.3 Å². The number of methoxy groups -OCH3 is 1. The second-order valence-corrected chi connectivity index (χ2v) is 5.15. The number of hydrogen-bond donors (Lipinski definition) is 1. The second-order valence-electron chi connectivity index (χ2n) is 5.15. The number of hydrogen-bond acceptors (Lipinski definition) is 5. The molecule has 1 aromatic rings. The van der Waals surface area contributed by atoms with Gasteiger partial charge < -0.3 is 24.2 Å². The van der Waals surface area contributed by atoms with Crippen LogP contribution in [-0.4, -0.2) is 56.6 Å². The molecule has 0 aromatic heterocycles. The Hall–Kier alpha value is -1.30. The monoisotopic (exact) mass is 281 g/mol. The molecule has 1 saturated heterocycles. The van der Waals surface area contributed by atoms with Crippen molar-refractivity contribution in [2.45, 2.75) is 19.1 Å². The van der Waals surface area contributed by atoms with Gasteiger partial charge in [-0.2, -0.15) is 0 Å². The topological polar surface area (TPSA) is 51.2 Å². The van der Waals surface area contributed by atoms with Gasteiger partial charge in [0.2, 0.25) is 0 Å². The van der Waals surface area contributed by atoms with Gasteiger partial charge >= 0.3 is 0 Å². The van der Waals surface area contributed by atoms with Gasteiger partial charge in [-0.1, -0.05) is 0 Å². The van der Waals surface area contributed by atoms with Crippen LogP contribution >= 0.6 is 0 Å². The molecule has 5 heteroatoms. The number of aliphatic hydroxyl groups excluding tert-OH is 1. The number of rotatable bonds is 5. The molecule has 0 spiro atoms. The fourth-order valence-electron chi connectivity index (χ4n) is 2.26. The van der Waals surface area contributed by atoms with Crippen LogP contribution in [-0.2, 0) is 4.74 Å². The molecule has 0 amide bonds. The van der Waals surface area contributed by atoms with Crippen molar-refractivity contribution in [1.82, 2.24) is 4.90 Å². The van der Waals surface area contributed by atoms with Gasteiger partial charge in [0, 0.05) is 24.7 Å². The highest BCUT2D eigenvalue weighted by molar-refractivity contribution is 5.41. The third-order valence-electron chi connectivity index (χ3n) is 3.44. The molecular formula is C15H23NO4. The van der Waals surface area contributed by atoms with Gasteiger partial charge in [0.25, 0.3) is 0 Å². The molecule has 0 bridgehead atoms. The minimum atomic E-state index is -0.578. The maximum atomic E-state index is 9.79. The molecule has 1 heterocycles. The number of benzene rings is 1. The van der Waals surface area contributed by atoms with Gasteiger partial charge in [-0.25, -0.2) is 0 Å². The van der Waals surface area contributed by atoms with Crippen LogP contribution in [0.5, 0.6) is 11.5 Å². The van der Waals surface area contributed by atoms with Crippen LogP contribution in [0.4, 0.5) is 0 Å². The van der Waals surface area contributed by atoms with Crippen LogP contribution in [0.2, 0.25) is 0 Å². The minimum absolute atomic E-state index is 0.0572. The van der Waals surface area contributed by atoms with Gasteiger partial charge in [0.15, 0.2) is 0 Å². The summed E-state index contributed by atoms with van der Waals surface area (Å²) in [7, 11) is 3.68. The minimum Gasteiger partial charge on any atom is -0.497 e. The molecule has 1 aliphatic rings. The van der Waals surface area contributed by atoms with E-state index in [2.05, 4.69) is 11.9 Å². The van der Waals surface area contributed by atoms with Crippen molar-refractivity contribution >= 4 is 0 Å². The van der Waals surface area contributed by atoms with E-state index < -0.39 is 6.10 Å². The van der Waals surface area contributed by atoms with E-state index in [-0.39, 0.29) is 6.10 Å². The summed E-state index contributed by atoms with van der Waals surface area (Å²) < 4.78 is 16.7. The Morgan fingerprint density at radius 1 is 1.50 bits per heavy atom. The summed E-state index contributed by atoms with van der Waals surface area (Å²) in [5, 5.41) is 9.79. The molecule has 2 rings (SSSR count). The van der Waals surface area contributed by atoms with Crippen molar-refractivity contribution in [3.05, 3.63) is 23.8 Å². The summed E-state index contributed by atoms with van der Waals surface area (Å²) in [5.74, 6) is 1.36. The Bertz CT molecular complexity index is 436. The van der Waals surface area contributed by atoms with E-state index in [9.17, 15) is 5.11 Å². The van der Waals surface area contributed by atoms with Crippen LogP contribution in [0.1, 0.15) is 18.6 Å². The molecule has 2 atom stereocenters. The molecule has 112 valence electrons. The first kappa shape index (κ1) is 15.1. The number of aliphatic hydroxyl groups is 1. The molecule has 20 heavy (non-hydrogen) atoms. The van der Waals surface area contributed by atoms with E-state index in [0.29, 0.717) is 18.1 Å². The third-order valence-corrected chi connectivity index (χ3v) is 3.44. The lowest BCUT2D eigenvalue weighted by molar-refractivity contribution is -0.0407. The Morgan fingerprint density at radius 3 is 2.95 bits per heavy atom. The fourth-order valence-corrected chi connectivity index (χ4v) is 2.26. The first-order chi connectivity index (χ1) is 9.60. The van der Waals surface area contributed by atoms with Crippen molar-refractivity contribution in [3.8, 4) is 11.5 Å². The summed E-state index contributed by atoms with van der Waals surface area (Å²) in [4.78, 5) is 2.22. The largest absolute Gasteiger partial charge is 0.497 e. The average molecular weight is 281 g/mol. The molecule has 0 saturated carbocycles. The Morgan fingerprint density at radius 2 is 2.30 bits per heavy atom. The molecule has 1 N–H and O–H groups in total. The van der Waals surface area contributed by atoms with E-state index in [1.807, 2.05) is 12.1 Å². The van der Waals surface area contributed by atoms with Crippen molar-refractivity contribution in [2.24, 2.45) is 0 Å². The fraction of sp³-hybridized carbons (Fsp3) is 0.600. The number of ether oxygens (including phenoxy) is 3. The van der Waals surface area contributed by atoms with E-state index in [1.165, 1.54) is 0 Å². The Kier molecular flexibility index (Phi) is 5.23. The second kappa shape index (κ2) is 6.92. The van der Waals surface area contributed by atoms with E-state index in [4.69, 9.17) is 14.2 Å². The standard InChI is InChI=1S/C15H23NO4/c1-11(17)14-5-4-12(18-3)8-15(14)20-10-13-9-16(2)6-7-19-13/h4-5,8,11,13,17H,6-7,9-10H2,1-3H3/t11-,13?/m0/s1. The van der Waals surface area contributed by atoms with Gasteiger partial charge in [-0.05, 0) is 26.1 Å². The quantitative estimate of drug-likeness (QED) is 0.885. The lowest BCUT2D eigenvalue weighted by atomic mass is 10.1. The highest BCUT2D eigenvalue weighted by Gasteiger charge is 2.19. The molecule has 0 radical (unpaired) electrons. The normalized spacial score (nSPS) is 21.5. The summed E-state index contributed by atoms with van der Waals surface area (Å²) in [5.41, 5.74) is 0.759. The Labute approximate surface area is 120 Å². The first-order valence-electron chi connectivity index (χ1n) is 6.89. The van der Waals surface area contributed by atoms with Crippen LogP contribution < -0.4 is 9.47 Å². The average Bonchev–Trinajstić information content (AvgIpc) is 2.44. The number of nitrogens with zero attached hydrogens (tertiary/aromatic N) is 1. The van der Waals surface area contributed by atoms with Crippen LogP contribution in [0, 0.1) is 0 Å². The zero-order valence-electron chi connectivity index (χ0n) is 12.3. The molecule has 1 fully saturated rings. The smallest absolute Gasteiger partial charge is 0.128 e. The summed E-state index contributed by atoms with van der Waals surface area (Å²) in [6, 6.07) is 5.45. The SMILES string of the molecule is COc1ccc([C@H](C)O)c(OCC2CN(C)CCO2)c1. The lowest BCUT2D eigenvalue weighted by Crippen LogP contribution is -2.42. The van der Waals surface area contributed by atoms with Gasteiger partial charge in [-0.15, -0.1) is 0 Å². The van der Waals surface area contributed by atoms with E-state index in [0.717, 1.165) is 25.3 Å². The van der Waals surface area contributed by atoms with Crippen molar-refractivity contribution in [1.29, 1.82) is 0 Å². The van der Waals surface area contributed by atoms with Crippen LogP contribution in [0.15, 0.2) is 18.2 Å². The highest BCUT2D eigenvalue weighted by atomic mass is 16.5. The van der Waals surface area contributed by atoms with Crippen molar-refractivity contribution in [3.63, 3.8) is 0 Å². The summed E-state index contributed by atoms with van der Waals surface area (Å²) >= 11 is 0. The zero-order chi connectivity index (χ0) is 14.5. The summed E-state index contributed by atoms with van der Waals surface area (Å²) in [6.07, 6.45) is -0.521. The summed E-state index contributed by atoms with van der Waals surface area (Å²) in [6.45, 7) is 4.73. The Balaban J connectivity index is 2.03. The van der Waals surface area contributed by atoms with E-state index in [1.54, 1.807) is 20.1 Å². The predicted molar refractivity (Wildman–Crippen MR) is 76.4 cm³/mol. The predicted octanol–water partition coefficient (Wildman–Crippen LogP) is 1.46. The van der Waals surface area contributed by atoms with Gasteiger partial charge in [-0.3, -0.25) is 0 Å². The number of likely N-dealkylation sites (N-methyl/N-ethyl adjacent to an activating group) is 1. The lowest BCUT2D eigenvalue weighted by Gasteiger charge is -2.30. The van der Waals surface area contributed by atoms with Crippen LogP contribution in [0.25, 0.3) is 0 Å². The van der Waals surface area contributed by atoms with Gasteiger partial charge in [0.1, 0.15) is 24.2 Å².